The minimum Gasteiger partial charge on any atom is -0.304 e. The number of rotatable bonds is 1. The van der Waals surface area contributed by atoms with Crippen LogP contribution in [0.5, 0.6) is 0 Å². The average molecular weight is 265 g/mol. The van der Waals surface area contributed by atoms with E-state index in [4.69, 9.17) is 0 Å². The van der Waals surface area contributed by atoms with Crippen LogP contribution in [0.15, 0.2) is 41.3 Å². The summed E-state index contributed by atoms with van der Waals surface area (Å²) in [5.74, 6) is 0. The zero-order valence-corrected chi connectivity index (χ0v) is 11.1. The highest BCUT2D eigenvalue weighted by Gasteiger charge is 2.17. The van der Waals surface area contributed by atoms with Crippen molar-refractivity contribution in [3.63, 3.8) is 0 Å². The van der Waals surface area contributed by atoms with Crippen LogP contribution >= 0.6 is 0 Å². The van der Waals surface area contributed by atoms with Crippen molar-refractivity contribution in [2.24, 2.45) is 0 Å². The molecule has 4 nitrogen and oxygen atoms in total. The standard InChI is InChI=1S/C16H15N3O/c20-16-18-13-8-4-10-17-15(13)19(16)14-9-3-6-11-5-1-2-7-12(11)14/h3-4,6,8-10H,1-2,5,7H2,(H,18,20). The number of imidazole rings is 1. The first-order valence-corrected chi connectivity index (χ1v) is 7.01. The SMILES string of the molecule is O=c1[nH]c2cccnc2n1-c1cccc2c1CCCC2. The van der Waals surface area contributed by atoms with Crippen molar-refractivity contribution >= 4 is 11.2 Å². The van der Waals surface area contributed by atoms with Crippen molar-refractivity contribution in [1.82, 2.24) is 14.5 Å². The van der Waals surface area contributed by atoms with Gasteiger partial charge in [-0.3, -0.25) is 0 Å². The molecule has 20 heavy (non-hydrogen) atoms. The van der Waals surface area contributed by atoms with Crippen LogP contribution in [0.25, 0.3) is 16.9 Å². The van der Waals surface area contributed by atoms with Crippen LogP contribution in [0, 0.1) is 0 Å². The molecule has 0 fully saturated rings. The summed E-state index contributed by atoms with van der Waals surface area (Å²) in [4.78, 5) is 19.5. The number of aromatic amines is 1. The maximum atomic E-state index is 12.3. The highest BCUT2D eigenvalue weighted by atomic mass is 16.1. The lowest BCUT2D eigenvalue weighted by molar-refractivity contribution is 0.681. The van der Waals surface area contributed by atoms with Crippen LogP contribution in [0.4, 0.5) is 0 Å². The topological polar surface area (TPSA) is 50.7 Å². The van der Waals surface area contributed by atoms with E-state index in [0.29, 0.717) is 5.65 Å². The van der Waals surface area contributed by atoms with Crippen molar-refractivity contribution in [1.29, 1.82) is 0 Å². The van der Waals surface area contributed by atoms with E-state index < -0.39 is 0 Å². The number of hydrogen-bond donors (Lipinski definition) is 1. The van der Waals surface area contributed by atoms with Crippen molar-refractivity contribution in [2.45, 2.75) is 25.7 Å². The summed E-state index contributed by atoms with van der Waals surface area (Å²) in [5, 5.41) is 0. The Kier molecular flexibility index (Phi) is 2.49. The van der Waals surface area contributed by atoms with Crippen molar-refractivity contribution in [2.75, 3.05) is 0 Å². The lowest BCUT2D eigenvalue weighted by atomic mass is 9.90. The zero-order chi connectivity index (χ0) is 13.5. The Balaban J connectivity index is 2.05. The number of nitrogens with one attached hydrogen (secondary N) is 1. The molecule has 2 aromatic heterocycles. The van der Waals surface area contributed by atoms with Crippen molar-refractivity contribution in [3.05, 3.63) is 58.1 Å². The minimum atomic E-state index is -0.113. The van der Waals surface area contributed by atoms with Crippen LogP contribution in [-0.4, -0.2) is 14.5 Å². The molecule has 0 saturated heterocycles. The summed E-state index contributed by atoms with van der Waals surface area (Å²) in [5.41, 5.74) is 5.02. The highest BCUT2D eigenvalue weighted by molar-refractivity contribution is 5.73. The van der Waals surface area contributed by atoms with Gasteiger partial charge in [0.05, 0.1) is 11.2 Å². The number of H-pyrrole nitrogens is 1. The van der Waals surface area contributed by atoms with Gasteiger partial charge in [0.25, 0.3) is 0 Å². The summed E-state index contributed by atoms with van der Waals surface area (Å²) in [6, 6.07) is 9.95. The molecule has 1 aliphatic carbocycles. The lowest BCUT2D eigenvalue weighted by Gasteiger charge is -2.19. The fourth-order valence-corrected chi connectivity index (χ4v) is 3.13. The molecular formula is C16H15N3O. The Bertz CT molecular complexity index is 844. The summed E-state index contributed by atoms with van der Waals surface area (Å²) in [7, 11) is 0. The van der Waals surface area contributed by atoms with E-state index in [0.717, 1.165) is 24.0 Å². The second-order valence-electron chi connectivity index (χ2n) is 5.26. The van der Waals surface area contributed by atoms with Gasteiger partial charge < -0.3 is 4.98 Å². The second-order valence-corrected chi connectivity index (χ2v) is 5.26. The fraction of sp³-hybridized carbons (Fsp3) is 0.250. The molecule has 100 valence electrons. The number of benzene rings is 1. The van der Waals surface area contributed by atoms with E-state index in [1.54, 1.807) is 10.8 Å². The monoisotopic (exact) mass is 265 g/mol. The van der Waals surface area contributed by atoms with Gasteiger partial charge in [-0.1, -0.05) is 12.1 Å². The number of aryl methyl sites for hydroxylation is 1. The van der Waals surface area contributed by atoms with E-state index in [1.165, 1.54) is 24.0 Å². The normalized spacial score (nSPS) is 14.4. The third-order valence-corrected chi connectivity index (χ3v) is 4.06. The molecule has 4 heteroatoms. The number of hydrogen-bond acceptors (Lipinski definition) is 2. The lowest BCUT2D eigenvalue weighted by Crippen LogP contribution is -2.18. The molecule has 1 aliphatic rings. The molecule has 2 heterocycles. The Hall–Kier alpha value is -2.36. The van der Waals surface area contributed by atoms with Gasteiger partial charge in [-0.2, -0.15) is 0 Å². The number of pyridine rings is 1. The Morgan fingerprint density at radius 3 is 2.95 bits per heavy atom. The Morgan fingerprint density at radius 1 is 1.10 bits per heavy atom. The van der Waals surface area contributed by atoms with Crippen LogP contribution < -0.4 is 5.69 Å². The largest absolute Gasteiger partial charge is 0.332 e. The molecular weight excluding hydrogens is 250 g/mol. The molecule has 1 aromatic carbocycles. The van der Waals surface area contributed by atoms with Crippen LogP contribution in [0.3, 0.4) is 0 Å². The predicted molar refractivity (Wildman–Crippen MR) is 78.3 cm³/mol. The number of aromatic nitrogens is 3. The van der Waals surface area contributed by atoms with Crippen molar-refractivity contribution in [3.8, 4) is 5.69 Å². The Labute approximate surface area is 116 Å². The molecule has 0 amide bonds. The predicted octanol–water partition coefficient (Wildman–Crippen LogP) is 2.59. The molecule has 1 N–H and O–H groups in total. The molecule has 0 aliphatic heterocycles. The first-order valence-electron chi connectivity index (χ1n) is 7.01. The third-order valence-electron chi connectivity index (χ3n) is 4.06. The van der Waals surface area contributed by atoms with Gasteiger partial charge in [0.15, 0.2) is 5.65 Å². The second kappa shape index (κ2) is 4.34. The summed E-state index contributed by atoms with van der Waals surface area (Å²) >= 11 is 0. The molecule has 0 atom stereocenters. The van der Waals surface area contributed by atoms with E-state index >= 15 is 0 Å². The molecule has 0 unspecified atom stereocenters. The van der Waals surface area contributed by atoms with Crippen LogP contribution in [0.1, 0.15) is 24.0 Å². The molecule has 0 bridgehead atoms. The maximum absolute atomic E-state index is 12.3. The third kappa shape index (κ3) is 1.61. The van der Waals surface area contributed by atoms with E-state index in [1.807, 2.05) is 24.3 Å². The number of nitrogens with zero attached hydrogens (tertiary/aromatic N) is 2. The van der Waals surface area contributed by atoms with Crippen LogP contribution in [0.2, 0.25) is 0 Å². The molecule has 0 saturated carbocycles. The smallest absolute Gasteiger partial charge is 0.304 e. The Morgan fingerprint density at radius 2 is 2.00 bits per heavy atom. The van der Waals surface area contributed by atoms with Gasteiger partial charge in [-0.15, -0.1) is 0 Å². The van der Waals surface area contributed by atoms with Crippen LogP contribution in [-0.2, 0) is 12.8 Å². The number of fused-ring (bicyclic) bond motifs is 2. The zero-order valence-electron chi connectivity index (χ0n) is 11.1. The van der Waals surface area contributed by atoms with Gasteiger partial charge in [0.1, 0.15) is 0 Å². The maximum Gasteiger partial charge on any atom is 0.332 e. The molecule has 0 spiro atoms. The highest BCUT2D eigenvalue weighted by Crippen LogP contribution is 2.27. The van der Waals surface area contributed by atoms with Gasteiger partial charge in [-0.05, 0) is 55.0 Å². The average Bonchev–Trinajstić information content (AvgIpc) is 2.82. The summed E-state index contributed by atoms with van der Waals surface area (Å²) in [6.07, 6.45) is 6.29. The van der Waals surface area contributed by atoms with E-state index in [2.05, 4.69) is 16.0 Å². The summed E-state index contributed by atoms with van der Waals surface area (Å²) in [6.45, 7) is 0. The molecule has 4 rings (SSSR count). The first-order chi connectivity index (χ1) is 9.84. The van der Waals surface area contributed by atoms with Crippen molar-refractivity contribution < 1.29 is 0 Å². The van der Waals surface area contributed by atoms with Gasteiger partial charge in [0.2, 0.25) is 0 Å². The molecule has 0 radical (unpaired) electrons. The van der Waals surface area contributed by atoms with Gasteiger partial charge >= 0.3 is 5.69 Å². The first kappa shape index (κ1) is 11.5. The van der Waals surface area contributed by atoms with E-state index in [9.17, 15) is 4.79 Å². The van der Waals surface area contributed by atoms with E-state index in [-0.39, 0.29) is 5.69 Å². The minimum absolute atomic E-state index is 0.113. The van der Waals surface area contributed by atoms with Gasteiger partial charge in [0, 0.05) is 6.20 Å². The fourth-order valence-electron chi connectivity index (χ4n) is 3.13. The quantitative estimate of drug-likeness (QED) is 0.735. The molecule has 3 aromatic rings. The summed E-state index contributed by atoms with van der Waals surface area (Å²) < 4.78 is 1.71. The van der Waals surface area contributed by atoms with Gasteiger partial charge in [-0.25, -0.2) is 14.3 Å².